The first-order chi connectivity index (χ1) is 12.5. The van der Waals surface area contributed by atoms with Gasteiger partial charge in [0.25, 0.3) is 0 Å². The Bertz CT molecular complexity index is 904. The summed E-state index contributed by atoms with van der Waals surface area (Å²) >= 11 is 1.41. The van der Waals surface area contributed by atoms with Gasteiger partial charge in [0.1, 0.15) is 11.5 Å². The number of rotatable bonds is 6. The lowest BCUT2D eigenvalue weighted by molar-refractivity contribution is -0.111. The monoisotopic (exact) mass is 366 g/mol. The van der Waals surface area contributed by atoms with Crippen LogP contribution in [0.4, 0.5) is 5.13 Å². The van der Waals surface area contributed by atoms with Crippen LogP contribution in [0.3, 0.4) is 0 Å². The van der Waals surface area contributed by atoms with Crippen LogP contribution in [-0.2, 0) is 11.2 Å². The van der Waals surface area contributed by atoms with Gasteiger partial charge >= 0.3 is 0 Å². The minimum absolute atomic E-state index is 0.229. The van der Waals surface area contributed by atoms with E-state index in [4.69, 9.17) is 4.42 Å². The molecule has 0 spiro atoms. The number of furan rings is 1. The normalized spacial score (nSPS) is 11.4. The van der Waals surface area contributed by atoms with Crippen molar-refractivity contribution in [3.63, 3.8) is 0 Å². The zero-order valence-electron chi connectivity index (χ0n) is 15.2. The van der Waals surface area contributed by atoms with Crippen LogP contribution in [0.15, 0.2) is 52.3 Å². The van der Waals surface area contributed by atoms with E-state index in [1.165, 1.54) is 23.0 Å². The molecular weight excluding hydrogens is 344 g/mol. The summed E-state index contributed by atoms with van der Waals surface area (Å²) in [6, 6.07) is 12.1. The summed E-state index contributed by atoms with van der Waals surface area (Å²) in [5, 5.41) is 5.32. The lowest BCUT2D eigenvalue weighted by Gasteiger charge is -2.05. The maximum atomic E-state index is 12.0. The summed E-state index contributed by atoms with van der Waals surface area (Å²) in [5.41, 5.74) is 3.24. The molecule has 0 bridgehead atoms. The van der Waals surface area contributed by atoms with E-state index in [1.54, 1.807) is 6.08 Å². The number of hydrogen-bond acceptors (Lipinski definition) is 4. The lowest BCUT2D eigenvalue weighted by atomic mass is 10.0. The van der Waals surface area contributed by atoms with Gasteiger partial charge in [0.2, 0.25) is 5.91 Å². The van der Waals surface area contributed by atoms with E-state index >= 15 is 0 Å². The number of nitrogens with zero attached hydrogens (tertiary/aromatic N) is 1. The molecule has 5 heteroatoms. The van der Waals surface area contributed by atoms with Crippen LogP contribution in [0.5, 0.6) is 0 Å². The van der Waals surface area contributed by atoms with Gasteiger partial charge in [-0.1, -0.05) is 38.1 Å². The summed E-state index contributed by atoms with van der Waals surface area (Å²) in [6.07, 6.45) is 4.16. The lowest BCUT2D eigenvalue weighted by Crippen LogP contribution is -2.07. The standard InChI is InChI=1S/C21H22N2O2S/c1-14(2)12-16-5-7-17(8-6-16)19-13-26-21(22-19)23-20(24)11-10-18-9-4-15(3)25-18/h4-11,13-14H,12H2,1-3H3,(H,22,23,24). The van der Waals surface area contributed by atoms with E-state index in [2.05, 4.69) is 48.4 Å². The number of amides is 1. The van der Waals surface area contributed by atoms with Gasteiger partial charge in [-0.25, -0.2) is 4.98 Å². The summed E-state index contributed by atoms with van der Waals surface area (Å²) in [7, 11) is 0. The molecule has 4 nitrogen and oxygen atoms in total. The average molecular weight is 366 g/mol. The first-order valence-corrected chi connectivity index (χ1v) is 9.48. The summed E-state index contributed by atoms with van der Waals surface area (Å²) in [5.74, 6) is 1.88. The van der Waals surface area contributed by atoms with E-state index in [0.29, 0.717) is 16.8 Å². The summed E-state index contributed by atoms with van der Waals surface area (Å²) in [6.45, 7) is 6.29. The van der Waals surface area contributed by atoms with Gasteiger partial charge in [0, 0.05) is 17.0 Å². The second-order valence-corrected chi connectivity index (χ2v) is 7.46. The van der Waals surface area contributed by atoms with Gasteiger partial charge in [0.05, 0.1) is 5.69 Å². The Hall–Kier alpha value is -2.66. The van der Waals surface area contributed by atoms with Crippen molar-refractivity contribution in [2.45, 2.75) is 27.2 Å². The molecule has 0 saturated carbocycles. The van der Waals surface area contributed by atoms with E-state index < -0.39 is 0 Å². The molecule has 2 aromatic heterocycles. The number of thiazole rings is 1. The van der Waals surface area contributed by atoms with E-state index in [0.717, 1.165) is 23.4 Å². The topological polar surface area (TPSA) is 55.1 Å². The zero-order valence-corrected chi connectivity index (χ0v) is 16.0. The second kappa shape index (κ2) is 8.15. The fraction of sp³-hybridized carbons (Fsp3) is 0.238. The summed E-state index contributed by atoms with van der Waals surface area (Å²) in [4.78, 5) is 16.5. The molecule has 0 aliphatic carbocycles. The highest BCUT2D eigenvalue weighted by Crippen LogP contribution is 2.25. The fourth-order valence-corrected chi connectivity index (χ4v) is 3.32. The minimum atomic E-state index is -0.229. The van der Waals surface area contributed by atoms with Crippen molar-refractivity contribution in [3.05, 3.63) is 64.9 Å². The van der Waals surface area contributed by atoms with Crippen LogP contribution >= 0.6 is 11.3 Å². The number of aryl methyl sites for hydroxylation is 1. The van der Waals surface area contributed by atoms with Crippen LogP contribution in [-0.4, -0.2) is 10.9 Å². The molecule has 1 N–H and O–H groups in total. The van der Waals surface area contributed by atoms with Crippen molar-refractivity contribution < 1.29 is 9.21 Å². The summed E-state index contributed by atoms with van der Waals surface area (Å²) < 4.78 is 5.40. The van der Waals surface area contributed by atoms with Crippen LogP contribution in [0.2, 0.25) is 0 Å². The number of aromatic nitrogens is 1. The average Bonchev–Trinajstić information content (AvgIpc) is 3.22. The first kappa shape index (κ1) is 18.1. The predicted molar refractivity (Wildman–Crippen MR) is 107 cm³/mol. The van der Waals surface area contributed by atoms with Gasteiger partial charge in [0.15, 0.2) is 5.13 Å². The smallest absolute Gasteiger partial charge is 0.250 e. The van der Waals surface area contributed by atoms with E-state index in [1.807, 2.05) is 24.4 Å². The number of benzene rings is 1. The van der Waals surface area contributed by atoms with Crippen LogP contribution in [0, 0.1) is 12.8 Å². The Kier molecular flexibility index (Phi) is 5.68. The predicted octanol–water partition coefficient (Wildman–Crippen LogP) is 5.56. The van der Waals surface area contributed by atoms with Crippen LogP contribution < -0.4 is 5.32 Å². The third kappa shape index (κ3) is 4.92. The maximum Gasteiger partial charge on any atom is 0.250 e. The fourth-order valence-electron chi connectivity index (χ4n) is 2.59. The largest absolute Gasteiger partial charge is 0.462 e. The minimum Gasteiger partial charge on any atom is -0.462 e. The molecule has 0 radical (unpaired) electrons. The molecule has 1 amide bonds. The van der Waals surface area contributed by atoms with Crippen molar-refractivity contribution >= 4 is 28.5 Å². The molecule has 0 saturated heterocycles. The first-order valence-electron chi connectivity index (χ1n) is 8.60. The number of carbonyl (C=O) groups excluding carboxylic acids is 1. The molecule has 0 fully saturated rings. The van der Waals surface area contributed by atoms with Crippen molar-refractivity contribution in [2.24, 2.45) is 5.92 Å². The van der Waals surface area contributed by atoms with E-state index in [-0.39, 0.29) is 5.91 Å². The Morgan fingerprint density at radius 2 is 2.00 bits per heavy atom. The van der Waals surface area contributed by atoms with Crippen LogP contribution in [0.1, 0.15) is 30.9 Å². The second-order valence-electron chi connectivity index (χ2n) is 6.60. The zero-order chi connectivity index (χ0) is 18.5. The molecule has 3 aromatic rings. The molecular formula is C21H22N2O2S. The molecule has 0 unspecified atom stereocenters. The highest BCUT2D eigenvalue weighted by atomic mass is 32.1. The van der Waals surface area contributed by atoms with Crippen molar-refractivity contribution in [1.29, 1.82) is 0 Å². The number of nitrogens with one attached hydrogen (secondary N) is 1. The number of anilines is 1. The Balaban J connectivity index is 1.62. The molecule has 1 aromatic carbocycles. The molecule has 0 atom stereocenters. The van der Waals surface area contributed by atoms with Crippen molar-refractivity contribution in [3.8, 4) is 11.3 Å². The molecule has 134 valence electrons. The quantitative estimate of drug-likeness (QED) is 0.581. The van der Waals surface area contributed by atoms with Gasteiger partial charge in [-0.05, 0) is 43.0 Å². The Morgan fingerprint density at radius 3 is 2.65 bits per heavy atom. The number of hydrogen-bond donors (Lipinski definition) is 1. The van der Waals surface area contributed by atoms with Crippen molar-refractivity contribution in [2.75, 3.05) is 5.32 Å². The molecule has 26 heavy (non-hydrogen) atoms. The molecule has 2 heterocycles. The van der Waals surface area contributed by atoms with Gasteiger partial charge in [-0.2, -0.15) is 0 Å². The van der Waals surface area contributed by atoms with Gasteiger partial charge in [-0.15, -0.1) is 11.3 Å². The third-order valence-corrected chi connectivity index (χ3v) is 4.55. The molecule has 0 aliphatic heterocycles. The number of carbonyl (C=O) groups is 1. The third-order valence-electron chi connectivity index (χ3n) is 3.79. The van der Waals surface area contributed by atoms with Crippen molar-refractivity contribution in [1.82, 2.24) is 4.98 Å². The maximum absolute atomic E-state index is 12.0. The van der Waals surface area contributed by atoms with Gasteiger partial charge < -0.3 is 4.42 Å². The highest BCUT2D eigenvalue weighted by molar-refractivity contribution is 7.14. The van der Waals surface area contributed by atoms with Gasteiger partial charge in [-0.3, -0.25) is 10.1 Å². The van der Waals surface area contributed by atoms with E-state index in [9.17, 15) is 4.79 Å². The Labute approximate surface area is 157 Å². The molecule has 0 aliphatic rings. The van der Waals surface area contributed by atoms with Crippen LogP contribution in [0.25, 0.3) is 17.3 Å². The molecule has 3 rings (SSSR count). The Morgan fingerprint density at radius 1 is 1.23 bits per heavy atom. The SMILES string of the molecule is Cc1ccc(C=CC(=O)Nc2nc(-c3ccc(CC(C)C)cc3)cs2)o1. The highest BCUT2D eigenvalue weighted by Gasteiger charge is 2.07.